The second-order valence-electron chi connectivity index (χ2n) is 19.8. The molecule has 2 aliphatic heterocycles. The van der Waals surface area contributed by atoms with E-state index >= 15 is 0 Å². The molecule has 4 fully saturated rings. The highest BCUT2D eigenvalue weighted by Gasteiger charge is 2.54. The average molecular weight is 1020 g/mol. The molecule has 4 heterocycles. The number of benzene rings is 2. The number of aliphatic hydroxyl groups is 5. The van der Waals surface area contributed by atoms with Gasteiger partial charge < -0.3 is 69.4 Å². The van der Waals surface area contributed by atoms with Gasteiger partial charge in [-0.2, -0.15) is 0 Å². The van der Waals surface area contributed by atoms with Gasteiger partial charge in [0.15, 0.2) is 24.8 Å². The van der Waals surface area contributed by atoms with E-state index in [0.29, 0.717) is 30.6 Å². The highest BCUT2D eigenvalue weighted by molar-refractivity contribution is 5.89. The van der Waals surface area contributed by atoms with Gasteiger partial charge in [0.25, 0.3) is 5.69 Å². The number of aryl methyl sites for hydroxylation is 2. The molecule has 15 atom stereocenters. The third-order valence-electron chi connectivity index (χ3n) is 14.6. The van der Waals surface area contributed by atoms with Gasteiger partial charge in [0, 0.05) is 55.3 Å². The van der Waals surface area contributed by atoms with Crippen molar-refractivity contribution in [3.05, 3.63) is 87.9 Å². The van der Waals surface area contributed by atoms with Gasteiger partial charge in [-0.1, -0.05) is 62.4 Å². The number of ether oxygens (including phenoxy) is 6. The Hall–Kier alpha value is -5.47. The van der Waals surface area contributed by atoms with E-state index in [-0.39, 0.29) is 48.9 Å². The summed E-state index contributed by atoms with van der Waals surface area (Å²) in [5, 5.41) is 88.5. The minimum atomic E-state index is -1.71. The van der Waals surface area contributed by atoms with Crippen molar-refractivity contribution in [2.45, 2.75) is 164 Å². The largest absolute Gasteiger partial charge is 0.479 e. The van der Waals surface area contributed by atoms with Crippen LogP contribution in [0, 0.1) is 27.9 Å². The predicted octanol–water partition coefficient (Wildman–Crippen LogP) is 2.33. The summed E-state index contributed by atoms with van der Waals surface area (Å²) in [6, 6.07) is 12.6. The number of aromatic nitrogens is 4. The molecule has 73 heavy (non-hydrogen) atoms. The summed E-state index contributed by atoms with van der Waals surface area (Å²) in [6.07, 6.45) is -9.66. The van der Waals surface area contributed by atoms with Gasteiger partial charge in [-0.15, -0.1) is 5.10 Å². The van der Waals surface area contributed by atoms with Crippen LogP contribution in [0.2, 0.25) is 0 Å². The van der Waals surface area contributed by atoms with Crippen LogP contribution in [0.25, 0.3) is 10.9 Å². The molecule has 2 aliphatic carbocycles. The monoisotopic (exact) mass is 1020 g/mol. The quantitative estimate of drug-likeness (QED) is 0.0358. The molecule has 0 spiro atoms. The number of non-ortho nitro benzene ring substituents is 1. The molecule has 23 nitrogen and oxygen atoms in total. The van der Waals surface area contributed by atoms with Gasteiger partial charge >= 0.3 is 11.9 Å². The van der Waals surface area contributed by atoms with E-state index in [1.54, 1.807) is 48.3 Å². The second kappa shape index (κ2) is 24.3. The third kappa shape index (κ3) is 12.9. The lowest BCUT2D eigenvalue weighted by atomic mass is 9.77. The Bertz CT molecular complexity index is 2490. The number of aliphatic hydroxyl groups excluding tert-OH is 5. The number of nitrogens with one attached hydrogen (secondary N) is 2. The number of aliphatic carboxylic acids is 1. The molecular formula is C50H66N6O17. The minimum absolute atomic E-state index is 0.00992. The fourth-order valence-electron chi connectivity index (χ4n) is 10.6. The van der Waals surface area contributed by atoms with Crippen molar-refractivity contribution in [3.8, 4) is 0 Å². The zero-order valence-electron chi connectivity index (χ0n) is 40.7. The number of amides is 1. The molecule has 4 aliphatic rings. The van der Waals surface area contributed by atoms with Crippen LogP contribution in [0.4, 0.5) is 5.69 Å². The molecule has 2 aromatic heterocycles. The first-order valence-electron chi connectivity index (χ1n) is 25.1. The number of rotatable bonds is 20. The summed E-state index contributed by atoms with van der Waals surface area (Å²) in [4.78, 5) is 54.6. The van der Waals surface area contributed by atoms with Crippen LogP contribution in [-0.4, -0.2) is 166 Å². The predicted molar refractivity (Wildman–Crippen MR) is 254 cm³/mol. The third-order valence-corrected chi connectivity index (χ3v) is 14.6. The fraction of sp³-hybridized carbons (Fsp3) is 0.620. The number of nitro groups is 1. The van der Waals surface area contributed by atoms with Crippen LogP contribution in [-0.2, 0) is 57.4 Å². The van der Waals surface area contributed by atoms with Crippen LogP contribution >= 0.6 is 0 Å². The van der Waals surface area contributed by atoms with Crippen LogP contribution in [0.5, 0.6) is 0 Å². The molecule has 0 bridgehead atoms. The smallest absolute Gasteiger partial charge is 0.338 e. The van der Waals surface area contributed by atoms with Crippen molar-refractivity contribution in [2.24, 2.45) is 17.8 Å². The van der Waals surface area contributed by atoms with E-state index in [1.165, 1.54) is 31.2 Å². The number of carboxylic acids is 1. The number of hydrogen-bond donors (Lipinski definition) is 8. The number of aromatic amines is 1. The number of esters is 1. The van der Waals surface area contributed by atoms with E-state index in [1.807, 2.05) is 0 Å². The highest BCUT2D eigenvalue weighted by atomic mass is 16.7. The van der Waals surface area contributed by atoms with Gasteiger partial charge in [-0.05, 0) is 68.2 Å². The molecule has 4 aromatic rings. The molecule has 8 rings (SSSR count). The fourth-order valence-corrected chi connectivity index (χ4v) is 10.6. The number of nitrogens with zero attached hydrogens (tertiary/aromatic N) is 4. The van der Waals surface area contributed by atoms with Gasteiger partial charge in [-0.25, -0.2) is 9.59 Å². The van der Waals surface area contributed by atoms with Crippen LogP contribution in [0.1, 0.15) is 86.8 Å². The van der Waals surface area contributed by atoms with Crippen LogP contribution in [0.3, 0.4) is 0 Å². The first-order chi connectivity index (χ1) is 35.1. The maximum atomic E-state index is 14.1. The Balaban J connectivity index is 0.998. The molecule has 0 unspecified atom stereocenters. The number of carbonyl (C=O) groups excluding carboxylic acids is 2. The molecule has 2 aromatic carbocycles. The van der Waals surface area contributed by atoms with Crippen LogP contribution in [0.15, 0.2) is 60.9 Å². The van der Waals surface area contributed by atoms with Crippen molar-refractivity contribution in [1.82, 2.24) is 25.3 Å². The number of carbonyl (C=O) groups is 3. The standard InChI is InChI=1S/C50H66N6O17/c1-26-19-31(46(62)51-17-15-32-24-55(54-53-32)18-16-30-23-52-35-22-33(56(66)67)13-14-34(30)35)21-36(43(26)73-49-42(61)41(60)39(58)27(2)68-49)70-50-45(72-48(65)29-11-7-4-8-12-29)44(40(59)38(25-57)71-50)69-37(47(63)64)20-28-9-5-3-6-10-28/h4,7-8,11-14,22-24,26-28,31,36-45,49-50,52,57-61H,3,5-6,9-10,15-21,25H2,1-2H3,(H,51,62)(H,63,64)/t26-,27-,31+,36+,37-,38+,39+,40-,41+,42-,43+,44-,45+,49-,50+/m0/s1. The first-order valence-corrected chi connectivity index (χ1v) is 25.1. The lowest BCUT2D eigenvalue weighted by Gasteiger charge is -2.48. The zero-order chi connectivity index (χ0) is 51.9. The van der Waals surface area contributed by atoms with Gasteiger partial charge in [-0.3, -0.25) is 19.6 Å². The van der Waals surface area contributed by atoms with Crippen LogP contribution < -0.4 is 5.32 Å². The van der Waals surface area contributed by atoms with Crippen molar-refractivity contribution < 1.29 is 78.4 Å². The number of fused-ring (bicyclic) bond motifs is 1. The summed E-state index contributed by atoms with van der Waals surface area (Å²) in [7, 11) is 0. The number of hydrogen-bond acceptors (Lipinski definition) is 18. The normalized spacial score (nSPS) is 31.4. The SMILES string of the molecule is C[C@@H]1O[C@@H](O[C@@H]2[C@@H](C)C[C@@H](C(=O)NCCc3cn(CCc4c[nH]c5cc([N+](=O)[O-])ccc45)nn3)C[C@H]2O[C@@H]2O[C@H](CO)[C@H](O)[C@H](O[C@@H](CC3CCCCC3)C(=O)O)[C@H]2OC(=O)c2ccccc2)[C@@H](O)[C@H](O)[C@@H]1O. The van der Waals surface area contributed by atoms with Gasteiger partial charge in [0.2, 0.25) is 5.91 Å². The number of nitro benzene ring substituents is 1. The highest BCUT2D eigenvalue weighted by Crippen LogP contribution is 2.39. The molecule has 23 heteroatoms. The van der Waals surface area contributed by atoms with E-state index in [4.69, 9.17) is 28.4 Å². The van der Waals surface area contributed by atoms with Gasteiger partial charge in [0.05, 0.1) is 46.6 Å². The second-order valence-corrected chi connectivity index (χ2v) is 19.8. The van der Waals surface area contributed by atoms with E-state index in [9.17, 15) is 55.1 Å². The summed E-state index contributed by atoms with van der Waals surface area (Å²) in [5.41, 5.74) is 2.32. The van der Waals surface area contributed by atoms with Crippen molar-refractivity contribution in [2.75, 3.05) is 13.2 Å². The maximum Gasteiger partial charge on any atom is 0.338 e. The molecule has 398 valence electrons. The zero-order valence-corrected chi connectivity index (χ0v) is 40.7. The first kappa shape index (κ1) is 53.8. The van der Waals surface area contributed by atoms with Crippen molar-refractivity contribution in [1.29, 1.82) is 0 Å². The van der Waals surface area contributed by atoms with Gasteiger partial charge in [0.1, 0.15) is 36.6 Å². The van der Waals surface area contributed by atoms with E-state index in [2.05, 4.69) is 20.6 Å². The number of H-pyrrole nitrogens is 1. The van der Waals surface area contributed by atoms with E-state index in [0.717, 1.165) is 43.1 Å². The summed E-state index contributed by atoms with van der Waals surface area (Å²) >= 11 is 0. The molecule has 1 amide bonds. The van der Waals surface area contributed by atoms with Crippen molar-refractivity contribution >= 4 is 34.4 Å². The molecular weight excluding hydrogens is 957 g/mol. The topological polar surface area (TPSA) is 330 Å². The van der Waals surface area contributed by atoms with E-state index < -0.39 is 115 Å². The summed E-state index contributed by atoms with van der Waals surface area (Å²) in [5.74, 6) is -3.77. The number of carboxylic acid groups (broad SMARTS) is 1. The Morgan fingerprint density at radius 3 is 2.41 bits per heavy atom. The maximum absolute atomic E-state index is 14.1. The molecule has 2 saturated carbocycles. The average Bonchev–Trinajstić information content (AvgIpc) is 4.03. The lowest BCUT2D eigenvalue weighted by molar-refractivity contribution is -0.384. The Kier molecular flexibility index (Phi) is 17.9. The Morgan fingerprint density at radius 2 is 1.68 bits per heavy atom. The lowest BCUT2D eigenvalue weighted by Crippen LogP contribution is -2.64. The summed E-state index contributed by atoms with van der Waals surface area (Å²) in [6.45, 7) is 3.16. The van der Waals surface area contributed by atoms with Crippen molar-refractivity contribution in [3.63, 3.8) is 0 Å². The summed E-state index contributed by atoms with van der Waals surface area (Å²) < 4.78 is 39.1. The minimum Gasteiger partial charge on any atom is -0.479 e. The molecule has 0 radical (unpaired) electrons. The molecule has 8 N–H and O–H groups in total. The molecule has 2 saturated heterocycles. The Morgan fingerprint density at radius 1 is 0.918 bits per heavy atom. The Labute approximate surface area is 420 Å².